The van der Waals surface area contributed by atoms with Gasteiger partial charge in [-0.15, -0.1) is 0 Å². The monoisotopic (exact) mass is 434 g/mol. The van der Waals surface area contributed by atoms with Crippen molar-refractivity contribution in [3.8, 4) is 11.5 Å². The van der Waals surface area contributed by atoms with Gasteiger partial charge in [0.05, 0.1) is 31.8 Å². The molecule has 1 amide bonds. The number of hydrogen-bond donors (Lipinski definition) is 2. The van der Waals surface area contributed by atoms with E-state index in [0.29, 0.717) is 23.5 Å². The minimum atomic E-state index is -3.90. The summed E-state index contributed by atoms with van der Waals surface area (Å²) in [6.07, 6.45) is 0.620. The fraction of sp³-hybridized carbons (Fsp3) is 0.381. The maximum Gasteiger partial charge on any atom is 0.243 e. The van der Waals surface area contributed by atoms with E-state index in [4.69, 9.17) is 9.47 Å². The number of rotatable bonds is 7. The molecule has 0 saturated carbocycles. The van der Waals surface area contributed by atoms with Crippen LogP contribution in [0.5, 0.6) is 11.5 Å². The molecule has 1 aliphatic rings. The number of methoxy groups -OCH3 is 2. The summed E-state index contributed by atoms with van der Waals surface area (Å²) in [6.45, 7) is -0.259. The number of aliphatic hydroxyl groups is 1. The van der Waals surface area contributed by atoms with E-state index in [-0.39, 0.29) is 17.9 Å². The third kappa shape index (κ3) is 4.28. The van der Waals surface area contributed by atoms with Crippen molar-refractivity contribution in [2.24, 2.45) is 0 Å². The topological polar surface area (TPSA) is 105 Å². The highest BCUT2D eigenvalue weighted by Gasteiger charge is 2.40. The average molecular weight is 435 g/mol. The van der Waals surface area contributed by atoms with Crippen LogP contribution in [0.1, 0.15) is 11.1 Å². The Bertz CT molecular complexity index is 1010. The number of fused-ring (bicyclic) bond motifs is 1. The molecule has 1 aliphatic heterocycles. The minimum Gasteiger partial charge on any atom is -0.493 e. The minimum absolute atomic E-state index is 0.0923. The number of benzene rings is 2. The van der Waals surface area contributed by atoms with Crippen LogP contribution in [0.3, 0.4) is 0 Å². The van der Waals surface area contributed by atoms with Gasteiger partial charge >= 0.3 is 0 Å². The molecule has 2 N–H and O–H groups in total. The first-order valence-corrected chi connectivity index (χ1v) is 10.9. The second-order valence-electron chi connectivity index (χ2n) is 7.13. The lowest BCUT2D eigenvalue weighted by Gasteiger charge is -2.33. The molecule has 0 spiro atoms. The summed E-state index contributed by atoms with van der Waals surface area (Å²) in [6, 6.07) is 11.0. The highest BCUT2D eigenvalue weighted by molar-refractivity contribution is 7.89. The highest BCUT2D eigenvalue weighted by Crippen LogP contribution is 2.37. The molecule has 2 aromatic rings. The maximum atomic E-state index is 13.0. The van der Waals surface area contributed by atoms with Gasteiger partial charge in [-0.3, -0.25) is 4.79 Å². The first kappa shape index (κ1) is 22.1. The van der Waals surface area contributed by atoms with E-state index in [9.17, 15) is 18.3 Å². The number of nitrogens with one attached hydrogen (secondary N) is 1. The fourth-order valence-corrected chi connectivity index (χ4v) is 5.12. The van der Waals surface area contributed by atoms with Crippen molar-refractivity contribution in [1.82, 2.24) is 9.62 Å². The molecule has 0 aliphatic carbocycles. The second kappa shape index (κ2) is 9.03. The third-order valence-electron chi connectivity index (χ3n) is 5.27. The zero-order chi connectivity index (χ0) is 21.9. The average Bonchev–Trinajstić information content (AvgIpc) is 2.75. The number of sulfonamides is 1. The van der Waals surface area contributed by atoms with E-state index in [0.717, 1.165) is 9.87 Å². The van der Waals surface area contributed by atoms with Gasteiger partial charge in [-0.1, -0.05) is 30.3 Å². The number of carbonyl (C=O) groups is 1. The van der Waals surface area contributed by atoms with Crippen LogP contribution in [0, 0.1) is 0 Å². The van der Waals surface area contributed by atoms with Crippen LogP contribution in [0.2, 0.25) is 0 Å². The van der Waals surface area contributed by atoms with Gasteiger partial charge in [0, 0.05) is 13.1 Å². The SMILES string of the molecule is COc1cc2c(cc1OC)S(=O)(=O)N(C)[C@H](C(=O)N[C@H](CO)Cc1ccccc1)C2. The van der Waals surface area contributed by atoms with E-state index in [1.54, 1.807) is 6.07 Å². The lowest BCUT2D eigenvalue weighted by atomic mass is 10.0. The molecule has 0 radical (unpaired) electrons. The molecule has 0 saturated heterocycles. The van der Waals surface area contributed by atoms with Crippen LogP contribution in [-0.2, 0) is 27.7 Å². The van der Waals surface area contributed by atoms with Crippen LogP contribution in [0.25, 0.3) is 0 Å². The molecule has 0 unspecified atom stereocenters. The third-order valence-corrected chi connectivity index (χ3v) is 7.22. The predicted molar refractivity (Wildman–Crippen MR) is 111 cm³/mol. The predicted octanol–water partition coefficient (Wildman–Crippen LogP) is 0.969. The Morgan fingerprint density at radius 1 is 1.20 bits per heavy atom. The molecule has 162 valence electrons. The van der Waals surface area contributed by atoms with Crippen molar-refractivity contribution < 1.29 is 27.8 Å². The van der Waals surface area contributed by atoms with Crippen LogP contribution < -0.4 is 14.8 Å². The second-order valence-corrected chi connectivity index (χ2v) is 9.10. The maximum absolute atomic E-state index is 13.0. The first-order valence-electron chi connectivity index (χ1n) is 9.50. The molecule has 8 nitrogen and oxygen atoms in total. The lowest BCUT2D eigenvalue weighted by Crippen LogP contribution is -2.54. The summed E-state index contributed by atoms with van der Waals surface area (Å²) in [5, 5.41) is 12.5. The van der Waals surface area contributed by atoms with Gasteiger partial charge in [0.25, 0.3) is 0 Å². The Labute approximate surface area is 176 Å². The number of amides is 1. The van der Waals surface area contributed by atoms with Gasteiger partial charge in [0.1, 0.15) is 6.04 Å². The smallest absolute Gasteiger partial charge is 0.243 e. The van der Waals surface area contributed by atoms with Crippen LogP contribution >= 0.6 is 0 Å². The molecule has 0 aromatic heterocycles. The summed E-state index contributed by atoms with van der Waals surface area (Å²) < 4.78 is 37.6. The molecule has 2 atom stereocenters. The number of carbonyl (C=O) groups excluding carboxylic acids is 1. The van der Waals surface area contributed by atoms with Crippen LogP contribution in [-0.4, -0.2) is 63.7 Å². The van der Waals surface area contributed by atoms with Gasteiger partial charge in [-0.2, -0.15) is 4.31 Å². The number of likely N-dealkylation sites (N-methyl/N-ethyl adjacent to an activating group) is 1. The normalized spacial score (nSPS) is 18.9. The zero-order valence-electron chi connectivity index (χ0n) is 17.2. The summed E-state index contributed by atoms with van der Waals surface area (Å²) >= 11 is 0. The Hall–Kier alpha value is -2.62. The summed E-state index contributed by atoms with van der Waals surface area (Å²) in [7, 11) is 0.377. The Kier molecular flexibility index (Phi) is 6.64. The zero-order valence-corrected chi connectivity index (χ0v) is 18.0. The van der Waals surface area contributed by atoms with E-state index < -0.39 is 28.0 Å². The Balaban J connectivity index is 1.85. The Morgan fingerprint density at radius 2 is 1.83 bits per heavy atom. The number of ether oxygens (including phenoxy) is 2. The van der Waals surface area contributed by atoms with E-state index in [2.05, 4.69) is 5.32 Å². The first-order chi connectivity index (χ1) is 14.3. The van der Waals surface area contributed by atoms with Gasteiger partial charge < -0.3 is 19.9 Å². The largest absolute Gasteiger partial charge is 0.493 e. The lowest BCUT2D eigenvalue weighted by molar-refractivity contribution is -0.125. The number of hydrogen-bond acceptors (Lipinski definition) is 6. The summed E-state index contributed by atoms with van der Waals surface area (Å²) in [5.74, 6) is 0.239. The quantitative estimate of drug-likeness (QED) is 0.673. The fourth-order valence-electron chi connectivity index (χ4n) is 3.58. The van der Waals surface area contributed by atoms with Crippen LogP contribution in [0.15, 0.2) is 47.4 Å². The van der Waals surface area contributed by atoms with Gasteiger partial charge in [-0.25, -0.2) is 8.42 Å². The molecular formula is C21H26N2O6S. The molecule has 3 rings (SSSR count). The van der Waals surface area contributed by atoms with E-state index in [1.807, 2.05) is 30.3 Å². The van der Waals surface area contributed by atoms with Crippen molar-refractivity contribution >= 4 is 15.9 Å². The van der Waals surface area contributed by atoms with Gasteiger partial charge in [0.15, 0.2) is 11.5 Å². The Morgan fingerprint density at radius 3 is 2.43 bits per heavy atom. The number of aliphatic hydroxyl groups excluding tert-OH is 1. The molecule has 0 fully saturated rings. The molecular weight excluding hydrogens is 408 g/mol. The van der Waals surface area contributed by atoms with Crippen molar-refractivity contribution in [2.75, 3.05) is 27.9 Å². The highest BCUT2D eigenvalue weighted by atomic mass is 32.2. The van der Waals surface area contributed by atoms with E-state index in [1.165, 1.54) is 27.3 Å². The van der Waals surface area contributed by atoms with Gasteiger partial charge in [0.2, 0.25) is 15.9 Å². The van der Waals surface area contributed by atoms with Gasteiger partial charge in [-0.05, 0) is 30.0 Å². The number of nitrogens with zero attached hydrogens (tertiary/aromatic N) is 1. The summed E-state index contributed by atoms with van der Waals surface area (Å²) in [4.78, 5) is 13.1. The van der Waals surface area contributed by atoms with Crippen molar-refractivity contribution in [2.45, 2.75) is 29.8 Å². The van der Waals surface area contributed by atoms with Crippen LogP contribution in [0.4, 0.5) is 0 Å². The van der Waals surface area contributed by atoms with Crippen molar-refractivity contribution in [3.63, 3.8) is 0 Å². The molecule has 9 heteroatoms. The van der Waals surface area contributed by atoms with E-state index >= 15 is 0 Å². The molecule has 0 bridgehead atoms. The molecule has 1 heterocycles. The van der Waals surface area contributed by atoms with Crippen molar-refractivity contribution in [1.29, 1.82) is 0 Å². The molecule has 2 aromatic carbocycles. The summed E-state index contributed by atoms with van der Waals surface area (Å²) in [5.41, 5.74) is 1.44. The van der Waals surface area contributed by atoms with Crippen molar-refractivity contribution in [3.05, 3.63) is 53.6 Å². The molecule has 30 heavy (non-hydrogen) atoms. The standard InChI is InChI=1S/C21H26N2O6S/c1-23-17(21(25)22-16(13-24)9-14-7-5-4-6-8-14)10-15-11-18(28-2)19(29-3)12-20(15)30(23,26)27/h4-8,11-12,16-17,24H,9-10,13H2,1-3H3,(H,22,25)/t16-,17-/m0/s1.